The third-order valence-electron chi connectivity index (χ3n) is 8.54. The Kier molecular flexibility index (Phi) is 11.1. The summed E-state index contributed by atoms with van der Waals surface area (Å²) in [4.78, 5) is 30.4. The maximum atomic E-state index is 14.6. The number of rotatable bonds is 12. The van der Waals surface area contributed by atoms with Crippen LogP contribution in [0.2, 0.25) is 5.02 Å². The average Bonchev–Trinajstić information content (AvgIpc) is 3.08. The molecule has 0 bridgehead atoms. The molecule has 7 nitrogen and oxygen atoms in total. The Balaban J connectivity index is 1.57. The van der Waals surface area contributed by atoms with Crippen LogP contribution >= 0.6 is 11.6 Å². The molecule has 9 heteroatoms. The summed E-state index contributed by atoms with van der Waals surface area (Å²) in [6.45, 7) is 1.34. The van der Waals surface area contributed by atoms with E-state index in [9.17, 15) is 18.0 Å². The van der Waals surface area contributed by atoms with Gasteiger partial charge in [0, 0.05) is 24.0 Å². The summed E-state index contributed by atoms with van der Waals surface area (Å²) in [6, 6.07) is 31.3. The highest BCUT2D eigenvalue weighted by Gasteiger charge is 2.36. The maximum Gasteiger partial charge on any atom is 0.264 e. The van der Waals surface area contributed by atoms with Crippen molar-refractivity contribution in [1.29, 1.82) is 0 Å². The fourth-order valence-electron chi connectivity index (χ4n) is 5.98. The van der Waals surface area contributed by atoms with E-state index in [1.807, 2.05) is 60.7 Å². The fourth-order valence-corrected chi connectivity index (χ4v) is 7.64. The number of hydrogen-bond donors (Lipinski definition) is 1. The van der Waals surface area contributed by atoms with Crippen LogP contribution in [0.25, 0.3) is 0 Å². The van der Waals surface area contributed by atoms with Crippen molar-refractivity contribution in [2.75, 3.05) is 10.8 Å². The molecule has 4 aromatic carbocycles. The molecule has 0 aromatic heterocycles. The van der Waals surface area contributed by atoms with E-state index >= 15 is 0 Å². The summed E-state index contributed by atoms with van der Waals surface area (Å²) in [6.07, 6.45) is 5.31. The minimum atomic E-state index is -4.20. The first-order valence-corrected chi connectivity index (χ1v) is 17.6. The molecule has 46 heavy (non-hydrogen) atoms. The van der Waals surface area contributed by atoms with E-state index in [0.717, 1.165) is 47.5 Å². The molecule has 0 aliphatic heterocycles. The van der Waals surface area contributed by atoms with Crippen LogP contribution in [0.4, 0.5) is 5.69 Å². The van der Waals surface area contributed by atoms with E-state index < -0.39 is 28.5 Å². The van der Waals surface area contributed by atoms with Gasteiger partial charge in [-0.1, -0.05) is 116 Å². The molecule has 0 spiro atoms. The van der Waals surface area contributed by atoms with Gasteiger partial charge in [-0.3, -0.25) is 13.9 Å². The van der Waals surface area contributed by atoms with Gasteiger partial charge in [0.1, 0.15) is 12.6 Å². The van der Waals surface area contributed by atoms with Crippen molar-refractivity contribution in [1.82, 2.24) is 10.2 Å². The molecule has 0 radical (unpaired) electrons. The number of nitrogens with zero attached hydrogens (tertiary/aromatic N) is 2. The van der Waals surface area contributed by atoms with Crippen molar-refractivity contribution in [3.63, 3.8) is 0 Å². The maximum absolute atomic E-state index is 14.6. The minimum Gasteiger partial charge on any atom is -0.352 e. The van der Waals surface area contributed by atoms with E-state index in [1.165, 1.54) is 17.0 Å². The molecule has 1 fully saturated rings. The van der Waals surface area contributed by atoms with Crippen LogP contribution in [0.15, 0.2) is 114 Å². The topological polar surface area (TPSA) is 86.8 Å². The van der Waals surface area contributed by atoms with E-state index in [4.69, 9.17) is 11.6 Å². The molecule has 4 aromatic rings. The highest BCUT2D eigenvalue weighted by molar-refractivity contribution is 7.92. The summed E-state index contributed by atoms with van der Waals surface area (Å²) in [5.41, 5.74) is 2.56. The molecule has 0 saturated heterocycles. The summed E-state index contributed by atoms with van der Waals surface area (Å²) in [5, 5.41) is 3.62. The third-order valence-corrected chi connectivity index (χ3v) is 10.7. The third kappa shape index (κ3) is 8.17. The summed E-state index contributed by atoms with van der Waals surface area (Å²) < 4.78 is 29.5. The minimum absolute atomic E-state index is 0.0391. The van der Waals surface area contributed by atoms with Crippen molar-refractivity contribution >= 4 is 39.1 Å². The quantitative estimate of drug-likeness (QED) is 0.179. The van der Waals surface area contributed by atoms with Crippen LogP contribution in [0.5, 0.6) is 0 Å². The van der Waals surface area contributed by atoms with Crippen LogP contribution in [0.1, 0.15) is 48.8 Å². The zero-order valence-electron chi connectivity index (χ0n) is 26.0. The van der Waals surface area contributed by atoms with E-state index in [1.54, 1.807) is 43.3 Å². The largest absolute Gasteiger partial charge is 0.352 e. The predicted octanol–water partition coefficient (Wildman–Crippen LogP) is 6.93. The normalized spacial score (nSPS) is 14.3. The molecule has 1 saturated carbocycles. The average molecular weight is 658 g/mol. The van der Waals surface area contributed by atoms with Crippen LogP contribution in [-0.2, 0) is 32.6 Å². The second-order valence-electron chi connectivity index (χ2n) is 11.8. The predicted molar refractivity (Wildman–Crippen MR) is 183 cm³/mol. The Hall–Kier alpha value is -4.14. The smallest absolute Gasteiger partial charge is 0.264 e. The van der Waals surface area contributed by atoms with Gasteiger partial charge >= 0.3 is 0 Å². The fraction of sp³-hybridized carbons (Fsp3) is 0.297. The number of benzene rings is 4. The molecular formula is C37H40ClN3O4S. The Morgan fingerprint density at radius 1 is 0.804 bits per heavy atom. The first-order chi connectivity index (χ1) is 22.2. The second kappa shape index (κ2) is 15.4. The lowest BCUT2D eigenvalue weighted by atomic mass is 9.94. The number of amides is 2. The molecular weight excluding hydrogens is 618 g/mol. The van der Waals surface area contributed by atoms with Gasteiger partial charge in [-0.25, -0.2) is 8.42 Å². The van der Waals surface area contributed by atoms with Crippen LogP contribution < -0.4 is 9.62 Å². The van der Waals surface area contributed by atoms with Crippen LogP contribution in [0, 0.1) is 6.92 Å². The van der Waals surface area contributed by atoms with Gasteiger partial charge < -0.3 is 10.2 Å². The zero-order chi connectivity index (χ0) is 32.5. The van der Waals surface area contributed by atoms with E-state index in [2.05, 4.69) is 5.32 Å². The highest BCUT2D eigenvalue weighted by atomic mass is 35.5. The highest BCUT2D eigenvalue weighted by Crippen LogP contribution is 2.31. The van der Waals surface area contributed by atoms with Crippen molar-refractivity contribution in [3.8, 4) is 0 Å². The zero-order valence-corrected chi connectivity index (χ0v) is 27.6. The number of halogens is 1. The van der Waals surface area contributed by atoms with Crippen molar-refractivity contribution in [2.24, 2.45) is 0 Å². The first kappa shape index (κ1) is 33.2. The SMILES string of the molecule is Cc1c(Cl)cccc1N(CC(=O)N(Cc1ccccc1)[C@@H](Cc1ccccc1)C(=O)NC1CCCCC1)S(=O)(=O)c1ccccc1. The Labute approximate surface area is 277 Å². The van der Waals surface area contributed by atoms with Gasteiger partial charge in [-0.2, -0.15) is 0 Å². The monoisotopic (exact) mass is 657 g/mol. The van der Waals surface area contributed by atoms with E-state index in [0.29, 0.717) is 16.3 Å². The molecule has 1 atom stereocenters. The van der Waals surface area contributed by atoms with Gasteiger partial charge in [0.25, 0.3) is 10.0 Å². The number of sulfonamides is 1. The van der Waals surface area contributed by atoms with Gasteiger partial charge in [-0.15, -0.1) is 0 Å². The standard InChI is InChI=1S/C37H40ClN3O4S/c1-28-33(38)23-14-24-34(28)41(46(44,45)32-21-12-5-13-22-32)27-36(42)40(26-30-17-8-3-9-18-30)35(25-29-15-6-2-7-16-29)37(43)39-31-19-10-4-11-20-31/h2-3,5-9,12-18,21-24,31,35H,4,10-11,19-20,25-27H2,1H3,(H,39,43)/t35-/m0/s1. The number of hydrogen-bond acceptors (Lipinski definition) is 4. The first-order valence-electron chi connectivity index (χ1n) is 15.7. The molecule has 5 rings (SSSR count). The number of carbonyl (C=O) groups excluding carboxylic acids is 2. The van der Waals surface area contributed by atoms with Gasteiger partial charge in [0.15, 0.2) is 0 Å². The Bertz CT molecular complexity index is 1710. The number of anilines is 1. The Morgan fingerprint density at radius 2 is 1.39 bits per heavy atom. The van der Waals surface area contributed by atoms with E-state index in [-0.39, 0.29) is 29.8 Å². The number of carbonyl (C=O) groups is 2. The lowest BCUT2D eigenvalue weighted by Gasteiger charge is -2.35. The van der Waals surface area contributed by atoms with Crippen LogP contribution in [-0.4, -0.2) is 43.8 Å². The lowest BCUT2D eigenvalue weighted by molar-refractivity contribution is -0.140. The molecule has 240 valence electrons. The number of nitrogens with one attached hydrogen (secondary N) is 1. The van der Waals surface area contributed by atoms with Crippen molar-refractivity contribution < 1.29 is 18.0 Å². The van der Waals surface area contributed by atoms with Gasteiger partial charge in [-0.05, 0) is 60.7 Å². The van der Waals surface area contributed by atoms with Gasteiger partial charge in [0.05, 0.1) is 10.6 Å². The van der Waals surface area contributed by atoms with Crippen LogP contribution in [0.3, 0.4) is 0 Å². The van der Waals surface area contributed by atoms with Crippen molar-refractivity contribution in [2.45, 2.75) is 69.0 Å². The molecule has 2 amide bonds. The Morgan fingerprint density at radius 3 is 2.02 bits per heavy atom. The summed E-state index contributed by atoms with van der Waals surface area (Å²) >= 11 is 6.47. The molecule has 1 aliphatic carbocycles. The second-order valence-corrected chi connectivity index (χ2v) is 14.0. The lowest BCUT2D eigenvalue weighted by Crippen LogP contribution is -2.55. The molecule has 0 unspecified atom stereocenters. The molecule has 0 heterocycles. The summed E-state index contributed by atoms with van der Waals surface area (Å²) in [7, 11) is -4.20. The molecule has 1 N–H and O–H groups in total. The van der Waals surface area contributed by atoms with Gasteiger partial charge in [0.2, 0.25) is 11.8 Å². The van der Waals surface area contributed by atoms with Crippen molar-refractivity contribution in [3.05, 3.63) is 131 Å². The summed E-state index contributed by atoms with van der Waals surface area (Å²) in [5.74, 6) is -0.737. The molecule has 1 aliphatic rings.